The average molecular weight is 346 g/mol. The van der Waals surface area contributed by atoms with Crippen molar-refractivity contribution in [1.29, 1.82) is 0 Å². The van der Waals surface area contributed by atoms with E-state index in [2.05, 4.69) is 15.9 Å². The molecule has 0 saturated carbocycles. The number of amides is 1. The molecule has 1 atom stereocenters. The van der Waals surface area contributed by atoms with E-state index in [9.17, 15) is 13.6 Å². The van der Waals surface area contributed by atoms with Crippen LogP contribution in [0, 0.1) is 18.6 Å². The molecule has 1 amide bonds. The second kappa shape index (κ2) is 6.66. The monoisotopic (exact) mass is 345 g/mol. The Kier molecular flexibility index (Phi) is 5.13. The lowest BCUT2D eigenvalue weighted by Gasteiger charge is -2.25. The topological polar surface area (TPSA) is 20.3 Å². The van der Waals surface area contributed by atoms with Crippen LogP contribution in [0.1, 0.15) is 41.6 Å². The lowest BCUT2D eigenvalue weighted by molar-refractivity contribution is 0.0725. The minimum atomic E-state index is -0.774. The lowest BCUT2D eigenvalue weighted by atomic mass is 10.1. The highest BCUT2D eigenvalue weighted by molar-refractivity contribution is 9.09. The van der Waals surface area contributed by atoms with Gasteiger partial charge in [0.25, 0.3) is 5.91 Å². The minimum absolute atomic E-state index is 0.0188. The van der Waals surface area contributed by atoms with Crippen LogP contribution in [0.15, 0.2) is 12.1 Å². The number of rotatable bonds is 4. The van der Waals surface area contributed by atoms with E-state index in [1.807, 2.05) is 0 Å². The fraction of sp³-hybridized carbons (Fsp3) is 0.533. The molecule has 1 aliphatic heterocycles. The van der Waals surface area contributed by atoms with Crippen LogP contribution in [0.5, 0.6) is 0 Å². The summed E-state index contributed by atoms with van der Waals surface area (Å²) in [5.41, 5.74) is 0.278. The van der Waals surface area contributed by atoms with Gasteiger partial charge in [-0.25, -0.2) is 8.78 Å². The predicted molar refractivity (Wildman–Crippen MR) is 78.2 cm³/mol. The van der Waals surface area contributed by atoms with Gasteiger partial charge in [0.2, 0.25) is 0 Å². The van der Waals surface area contributed by atoms with Gasteiger partial charge >= 0.3 is 0 Å². The Labute approximate surface area is 126 Å². The molecule has 0 aliphatic carbocycles. The maximum absolute atomic E-state index is 13.8. The highest BCUT2D eigenvalue weighted by Gasteiger charge is 2.30. The number of hydrogen-bond donors (Lipinski definition) is 0. The normalized spacial score (nSPS) is 18.6. The van der Waals surface area contributed by atoms with Crippen molar-refractivity contribution >= 4 is 21.8 Å². The third-order valence-corrected chi connectivity index (χ3v) is 4.35. The number of carbonyl (C=O) groups excluding carboxylic acids is 1. The highest BCUT2D eigenvalue weighted by atomic mass is 79.9. The number of alkyl halides is 1. The summed E-state index contributed by atoms with van der Waals surface area (Å²) in [4.78, 5) is 14.2. The molecule has 1 saturated heterocycles. The summed E-state index contributed by atoms with van der Waals surface area (Å²) in [7, 11) is 0. The van der Waals surface area contributed by atoms with Crippen LogP contribution in [0.4, 0.5) is 8.78 Å². The molecule has 0 spiro atoms. The van der Waals surface area contributed by atoms with E-state index < -0.39 is 11.6 Å². The molecule has 0 radical (unpaired) electrons. The zero-order valence-electron chi connectivity index (χ0n) is 11.5. The van der Waals surface area contributed by atoms with Gasteiger partial charge in [-0.05, 0) is 44.2 Å². The zero-order valence-corrected chi connectivity index (χ0v) is 13.1. The number of hydrogen-bond acceptors (Lipinski definition) is 1. The van der Waals surface area contributed by atoms with Crippen molar-refractivity contribution in [2.75, 3.05) is 11.9 Å². The molecule has 2 rings (SSSR count). The second-order valence-electron chi connectivity index (χ2n) is 5.21. The summed E-state index contributed by atoms with van der Waals surface area (Å²) in [6.45, 7) is 2.19. The second-order valence-corrected chi connectivity index (χ2v) is 6.00. The molecule has 1 aromatic carbocycles. The van der Waals surface area contributed by atoms with E-state index in [0.29, 0.717) is 12.1 Å². The molecular weight excluding hydrogens is 328 g/mol. The summed E-state index contributed by atoms with van der Waals surface area (Å²) in [6, 6.07) is 2.28. The van der Waals surface area contributed by atoms with Crippen LogP contribution < -0.4 is 0 Å². The first-order valence-corrected chi connectivity index (χ1v) is 7.99. The first-order chi connectivity index (χ1) is 9.54. The first kappa shape index (κ1) is 15.4. The van der Waals surface area contributed by atoms with Crippen LogP contribution in [0.2, 0.25) is 0 Å². The Morgan fingerprint density at radius 1 is 1.40 bits per heavy atom. The standard InChI is InChI=1S/C15H18BrF2NO/c1-10-8-12(14(18)9-13(10)17)15(20)19-7-3-5-11(19)4-2-6-16/h8-9,11H,2-7H2,1H3. The van der Waals surface area contributed by atoms with E-state index in [-0.39, 0.29) is 17.5 Å². The molecular formula is C15H18BrF2NO. The molecule has 0 aromatic heterocycles. The van der Waals surface area contributed by atoms with Crippen molar-refractivity contribution in [2.45, 2.75) is 38.6 Å². The van der Waals surface area contributed by atoms with Crippen LogP contribution in [0.25, 0.3) is 0 Å². The van der Waals surface area contributed by atoms with Gasteiger partial charge in [-0.2, -0.15) is 0 Å². The predicted octanol–water partition coefficient (Wildman–Crippen LogP) is 4.05. The van der Waals surface area contributed by atoms with Gasteiger partial charge in [-0.15, -0.1) is 0 Å². The number of aryl methyl sites for hydroxylation is 1. The summed E-state index contributed by atoms with van der Waals surface area (Å²) >= 11 is 3.38. The van der Waals surface area contributed by atoms with Crippen molar-refractivity contribution in [3.05, 3.63) is 34.9 Å². The van der Waals surface area contributed by atoms with E-state index in [4.69, 9.17) is 0 Å². The molecule has 2 nitrogen and oxygen atoms in total. The molecule has 0 N–H and O–H groups in total. The van der Waals surface area contributed by atoms with E-state index in [1.54, 1.807) is 4.90 Å². The Balaban J connectivity index is 2.20. The maximum Gasteiger partial charge on any atom is 0.257 e. The lowest BCUT2D eigenvalue weighted by Crippen LogP contribution is -2.36. The molecule has 1 heterocycles. The average Bonchev–Trinajstić information content (AvgIpc) is 2.88. The third-order valence-electron chi connectivity index (χ3n) is 3.79. The van der Waals surface area contributed by atoms with Crippen molar-refractivity contribution in [3.8, 4) is 0 Å². The summed E-state index contributed by atoms with van der Waals surface area (Å²) < 4.78 is 27.1. The molecule has 5 heteroatoms. The molecule has 20 heavy (non-hydrogen) atoms. The van der Waals surface area contributed by atoms with Crippen molar-refractivity contribution < 1.29 is 13.6 Å². The van der Waals surface area contributed by atoms with E-state index in [0.717, 1.165) is 37.1 Å². The Bertz CT molecular complexity index is 507. The molecule has 1 fully saturated rings. The van der Waals surface area contributed by atoms with Crippen LogP contribution in [-0.4, -0.2) is 28.7 Å². The van der Waals surface area contributed by atoms with E-state index in [1.165, 1.54) is 13.0 Å². The first-order valence-electron chi connectivity index (χ1n) is 6.87. The van der Waals surface area contributed by atoms with Crippen LogP contribution >= 0.6 is 15.9 Å². The quantitative estimate of drug-likeness (QED) is 0.753. The van der Waals surface area contributed by atoms with Crippen LogP contribution in [0.3, 0.4) is 0 Å². The number of nitrogens with zero attached hydrogens (tertiary/aromatic N) is 1. The zero-order chi connectivity index (χ0) is 14.7. The molecule has 1 aromatic rings. The van der Waals surface area contributed by atoms with Gasteiger partial charge < -0.3 is 4.90 Å². The number of carbonyl (C=O) groups is 1. The fourth-order valence-electron chi connectivity index (χ4n) is 2.69. The SMILES string of the molecule is Cc1cc(C(=O)N2CCCC2CCCBr)c(F)cc1F. The van der Waals surface area contributed by atoms with Gasteiger partial charge in [0.05, 0.1) is 5.56 Å². The Hall–Kier alpha value is -0.970. The molecule has 0 bridgehead atoms. The van der Waals surface area contributed by atoms with Crippen LogP contribution in [-0.2, 0) is 0 Å². The highest BCUT2D eigenvalue weighted by Crippen LogP contribution is 2.25. The van der Waals surface area contributed by atoms with Crippen molar-refractivity contribution in [2.24, 2.45) is 0 Å². The van der Waals surface area contributed by atoms with Gasteiger partial charge in [0.15, 0.2) is 0 Å². The minimum Gasteiger partial charge on any atom is -0.336 e. The molecule has 110 valence electrons. The Morgan fingerprint density at radius 2 is 2.15 bits per heavy atom. The van der Waals surface area contributed by atoms with Gasteiger partial charge in [-0.3, -0.25) is 4.79 Å². The smallest absolute Gasteiger partial charge is 0.257 e. The summed E-state index contributed by atoms with van der Waals surface area (Å²) in [5, 5.41) is 0.898. The Morgan fingerprint density at radius 3 is 2.85 bits per heavy atom. The fourth-order valence-corrected chi connectivity index (χ4v) is 3.02. The largest absolute Gasteiger partial charge is 0.336 e. The van der Waals surface area contributed by atoms with Crippen molar-refractivity contribution in [1.82, 2.24) is 4.90 Å². The van der Waals surface area contributed by atoms with Gasteiger partial charge in [-0.1, -0.05) is 15.9 Å². The van der Waals surface area contributed by atoms with Gasteiger partial charge in [0, 0.05) is 24.0 Å². The maximum atomic E-state index is 13.8. The van der Waals surface area contributed by atoms with Crippen molar-refractivity contribution in [3.63, 3.8) is 0 Å². The summed E-state index contributed by atoms with van der Waals surface area (Å²) in [6.07, 6.45) is 3.80. The third kappa shape index (κ3) is 3.19. The molecule has 1 unspecified atom stereocenters. The van der Waals surface area contributed by atoms with Gasteiger partial charge in [0.1, 0.15) is 11.6 Å². The summed E-state index contributed by atoms with van der Waals surface area (Å²) in [5.74, 6) is -1.71. The number of likely N-dealkylation sites (tertiary alicyclic amines) is 1. The molecule has 1 aliphatic rings. The number of halogens is 3. The van der Waals surface area contributed by atoms with E-state index >= 15 is 0 Å². The number of benzene rings is 1.